The first kappa shape index (κ1) is 14.7. The Bertz CT molecular complexity index is 297. The molecule has 0 heterocycles. The second-order valence-corrected chi connectivity index (χ2v) is 4.33. The third kappa shape index (κ3) is 4.15. The van der Waals surface area contributed by atoms with Gasteiger partial charge in [-0.1, -0.05) is 0 Å². The summed E-state index contributed by atoms with van der Waals surface area (Å²) >= 11 is 0. The Balaban J connectivity index is 2.42. The van der Waals surface area contributed by atoms with E-state index in [1.165, 1.54) is 0 Å². The highest BCUT2D eigenvalue weighted by atomic mass is 16.5. The molecule has 0 aromatic rings. The van der Waals surface area contributed by atoms with E-state index in [4.69, 9.17) is 14.9 Å². The number of ether oxygens (including phenoxy) is 1. The Morgan fingerprint density at radius 3 is 2.72 bits per heavy atom. The first-order valence-electron chi connectivity index (χ1n) is 6.02. The topological polar surface area (TPSA) is 108 Å². The molecule has 0 aromatic heterocycles. The summed E-state index contributed by atoms with van der Waals surface area (Å²) in [5.41, 5.74) is 0. The molecular weight excluding hydrogens is 240 g/mol. The standard InChI is InChI=1S/C11H20N2O5/c1-18-9-4-2-3-7(9)12-11(17)13-8(5-6-14)10(15)16/h7-9,14H,2-6H2,1H3,(H,15,16)(H2,12,13,17)/t7?,8-,9?/m0/s1. The molecule has 1 aliphatic carbocycles. The Hall–Kier alpha value is -1.34. The van der Waals surface area contributed by atoms with E-state index in [0.29, 0.717) is 0 Å². The Morgan fingerprint density at radius 1 is 1.44 bits per heavy atom. The molecular formula is C11H20N2O5. The highest BCUT2D eigenvalue weighted by molar-refractivity contribution is 5.82. The lowest BCUT2D eigenvalue weighted by atomic mass is 10.2. The number of carbonyl (C=O) groups is 2. The van der Waals surface area contributed by atoms with Crippen LogP contribution in [0.4, 0.5) is 4.79 Å². The number of carboxylic acids is 1. The van der Waals surface area contributed by atoms with E-state index >= 15 is 0 Å². The van der Waals surface area contributed by atoms with Crippen LogP contribution in [0.15, 0.2) is 0 Å². The third-order valence-corrected chi connectivity index (χ3v) is 3.09. The summed E-state index contributed by atoms with van der Waals surface area (Å²) in [6, 6.07) is -1.69. The zero-order valence-corrected chi connectivity index (χ0v) is 10.4. The molecule has 1 saturated carbocycles. The van der Waals surface area contributed by atoms with Crippen LogP contribution < -0.4 is 10.6 Å². The maximum absolute atomic E-state index is 11.6. The van der Waals surface area contributed by atoms with Gasteiger partial charge in [0.05, 0.1) is 12.1 Å². The normalized spacial score (nSPS) is 24.6. The van der Waals surface area contributed by atoms with Crippen molar-refractivity contribution >= 4 is 12.0 Å². The monoisotopic (exact) mass is 260 g/mol. The molecule has 0 bridgehead atoms. The first-order valence-corrected chi connectivity index (χ1v) is 6.02. The van der Waals surface area contributed by atoms with Gasteiger partial charge in [-0.2, -0.15) is 0 Å². The van der Waals surface area contributed by atoms with Crippen molar-refractivity contribution in [3.8, 4) is 0 Å². The fourth-order valence-electron chi connectivity index (χ4n) is 2.13. The average Bonchev–Trinajstić information content (AvgIpc) is 2.75. The second kappa shape index (κ2) is 7.17. The zero-order chi connectivity index (χ0) is 13.5. The van der Waals surface area contributed by atoms with Crippen LogP contribution in [-0.2, 0) is 9.53 Å². The van der Waals surface area contributed by atoms with Crippen LogP contribution in [0.3, 0.4) is 0 Å². The van der Waals surface area contributed by atoms with Crippen molar-refractivity contribution in [2.45, 2.75) is 43.9 Å². The van der Waals surface area contributed by atoms with Crippen molar-refractivity contribution in [1.82, 2.24) is 10.6 Å². The Morgan fingerprint density at radius 2 is 2.17 bits per heavy atom. The molecule has 4 N–H and O–H groups in total. The molecule has 0 spiro atoms. The molecule has 1 rings (SSSR count). The lowest BCUT2D eigenvalue weighted by molar-refractivity contribution is -0.139. The van der Waals surface area contributed by atoms with Gasteiger partial charge in [0.1, 0.15) is 6.04 Å². The quantitative estimate of drug-likeness (QED) is 0.524. The molecule has 0 saturated heterocycles. The van der Waals surface area contributed by atoms with Crippen LogP contribution >= 0.6 is 0 Å². The highest BCUT2D eigenvalue weighted by Crippen LogP contribution is 2.21. The van der Waals surface area contributed by atoms with Crippen LogP contribution in [0.5, 0.6) is 0 Å². The summed E-state index contributed by atoms with van der Waals surface area (Å²) in [5.74, 6) is -1.16. The maximum Gasteiger partial charge on any atom is 0.326 e. The second-order valence-electron chi connectivity index (χ2n) is 4.33. The number of nitrogens with one attached hydrogen (secondary N) is 2. The molecule has 104 valence electrons. The predicted octanol–water partition coefficient (Wildman–Crippen LogP) is -0.311. The summed E-state index contributed by atoms with van der Waals surface area (Å²) in [6.07, 6.45) is 2.66. The number of amides is 2. The van der Waals surface area contributed by atoms with Gasteiger partial charge >= 0.3 is 12.0 Å². The molecule has 1 aliphatic rings. The van der Waals surface area contributed by atoms with Crippen molar-refractivity contribution in [2.75, 3.05) is 13.7 Å². The molecule has 18 heavy (non-hydrogen) atoms. The number of hydrogen-bond acceptors (Lipinski definition) is 4. The minimum absolute atomic E-state index is 0.0128. The van der Waals surface area contributed by atoms with E-state index in [0.717, 1.165) is 19.3 Å². The van der Waals surface area contributed by atoms with Crippen molar-refractivity contribution in [2.24, 2.45) is 0 Å². The van der Waals surface area contributed by atoms with Crippen LogP contribution in [-0.4, -0.2) is 54.1 Å². The van der Waals surface area contributed by atoms with Crippen LogP contribution in [0, 0.1) is 0 Å². The molecule has 1 fully saturated rings. The van der Waals surface area contributed by atoms with E-state index in [2.05, 4.69) is 10.6 Å². The van der Waals surface area contributed by atoms with E-state index in [1.54, 1.807) is 7.11 Å². The van der Waals surface area contributed by atoms with Gasteiger partial charge in [0.15, 0.2) is 0 Å². The number of carbonyl (C=O) groups excluding carboxylic acids is 1. The molecule has 2 unspecified atom stereocenters. The van der Waals surface area contributed by atoms with Crippen LogP contribution in [0.1, 0.15) is 25.7 Å². The van der Waals surface area contributed by atoms with Crippen molar-refractivity contribution in [3.63, 3.8) is 0 Å². The molecule has 0 aliphatic heterocycles. The Kier molecular flexibility index (Phi) is 5.87. The number of methoxy groups -OCH3 is 1. The van der Waals surface area contributed by atoms with Crippen molar-refractivity contribution in [3.05, 3.63) is 0 Å². The molecule has 3 atom stereocenters. The fourth-order valence-corrected chi connectivity index (χ4v) is 2.13. The lowest BCUT2D eigenvalue weighted by Gasteiger charge is -2.21. The van der Waals surface area contributed by atoms with E-state index in [-0.39, 0.29) is 25.2 Å². The van der Waals surface area contributed by atoms with Gasteiger partial charge in [0.25, 0.3) is 0 Å². The number of aliphatic hydroxyl groups excluding tert-OH is 1. The average molecular weight is 260 g/mol. The van der Waals surface area contributed by atoms with Gasteiger partial charge in [-0.15, -0.1) is 0 Å². The molecule has 7 nitrogen and oxygen atoms in total. The minimum Gasteiger partial charge on any atom is -0.480 e. The summed E-state index contributed by atoms with van der Waals surface area (Å²) in [4.78, 5) is 22.4. The number of aliphatic carboxylic acids is 1. The fraction of sp³-hybridized carbons (Fsp3) is 0.818. The van der Waals surface area contributed by atoms with Gasteiger partial charge in [-0.05, 0) is 19.3 Å². The van der Waals surface area contributed by atoms with E-state index in [1.807, 2.05) is 0 Å². The SMILES string of the molecule is COC1CCCC1NC(=O)N[C@@H](CCO)C(=O)O. The molecule has 0 aromatic carbocycles. The summed E-state index contributed by atoms with van der Waals surface area (Å²) in [5, 5.41) is 22.6. The summed E-state index contributed by atoms with van der Waals surface area (Å²) in [6.45, 7) is -0.290. The van der Waals surface area contributed by atoms with Crippen molar-refractivity contribution in [1.29, 1.82) is 0 Å². The van der Waals surface area contributed by atoms with Crippen molar-refractivity contribution < 1.29 is 24.5 Å². The molecule has 2 amide bonds. The largest absolute Gasteiger partial charge is 0.480 e. The molecule has 0 radical (unpaired) electrons. The lowest BCUT2D eigenvalue weighted by Crippen LogP contribution is -2.51. The minimum atomic E-state index is -1.16. The number of rotatable bonds is 6. The van der Waals surface area contributed by atoms with Gasteiger partial charge in [0, 0.05) is 20.1 Å². The highest BCUT2D eigenvalue weighted by Gasteiger charge is 2.29. The number of urea groups is 1. The summed E-state index contributed by atoms with van der Waals surface area (Å²) < 4.78 is 5.23. The van der Waals surface area contributed by atoms with E-state index in [9.17, 15) is 9.59 Å². The third-order valence-electron chi connectivity index (χ3n) is 3.09. The van der Waals surface area contributed by atoms with Crippen LogP contribution in [0.2, 0.25) is 0 Å². The number of aliphatic hydroxyl groups is 1. The predicted molar refractivity (Wildman–Crippen MR) is 63.2 cm³/mol. The zero-order valence-electron chi connectivity index (χ0n) is 10.4. The maximum atomic E-state index is 11.6. The van der Waals surface area contributed by atoms with Crippen LogP contribution in [0.25, 0.3) is 0 Å². The Labute approximate surface area is 106 Å². The molecule has 7 heteroatoms. The van der Waals surface area contributed by atoms with E-state index < -0.39 is 18.0 Å². The van der Waals surface area contributed by atoms with Gasteiger partial charge in [0.2, 0.25) is 0 Å². The number of hydrogen-bond donors (Lipinski definition) is 4. The smallest absolute Gasteiger partial charge is 0.326 e. The summed E-state index contributed by atoms with van der Waals surface area (Å²) in [7, 11) is 1.59. The number of carboxylic acid groups (broad SMARTS) is 1. The van der Waals surface area contributed by atoms with Gasteiger partial charge in [-0.3, -0.25) is 0 Å². The van der Waals surface area contributed by atoms with Gasteiger partial charge < -0.3 is 25.6 Å². The van der Waals surface area contributed by atoms with Gasteiger partial charge in [-0.25, -0.2) is 9.59 Å². The first-order chi connectivity index (χ1) is 8.58.